The molecule has 0 radical (unpaired) electrons. The number of nitrogens with zero attached hydrogens (tertiary/aromatic N) is 1. The van der Waals surface area contributed by atoms with E-state index in [9.17, 15) is 4.79 Å². The lowest BCUT2D eigenvalue weighted by molar-refractivity contribution is -0.119. The van der Waals surface area contributed by atoms with Gasteiger partial charge in [0.15, 0.2) is 0 Å². The molecule has 2 N–H and O–H groups in total. The summed E-state index contributed by atoms with van der Waals surface area (Å²) in [6, 6.07) is 9.09. The Morgan fingerprint density at radius 3 is 2.50 bits per heavy atom. The molecular formula is C11H16N2O. The summed E-state index contributed by atoms with van der Waals surface area (Å²) in [5.74, 6) is -0.0429. The third-order valence-electron chi connectivity index (χ3n) is 2.23. The number of amides is 1. The van der Waals surface area contributed by atoms with Gasteiger partial charge in [0.25, 0.3) is 0 Å². The Bertz CT molecular complexity index is 297. The van der Waals surface area contributed by atoms with Crippen molar-refractivity contribution in [3.63, 3.8) is 0 Å². The summed E-state index contributed by atoms with van der Waals surface area (Å²) in [7, 11) is 1.74. The van der Waals surface area contributed by atoms with E-state index in [0.717, 1.165) is 5.69 Å². The maximum atomic E-state index is 11.7. The van der Waals surface area contributed by atoms with Gasteiger partial charge >= 0.3 is 0 Å². The Morgan fingerprint density at radius 1 is 1.43 bits per heavy atom. The summed E-state index contributed by atoms with van der Waals surface area (Å²) < 4.78 is 0. The average Bonchev–Trinajstić information content (AvgIpc) is 2.27. The third-order valence-corrected chi connectivity index (χ3v) is 2.23. The van der Waals surface area contributed by atoms with Crippen LogP contribution in [-0.2, 0) is 4.79 Å². The molecule has 1 aromatic carbocycles. The molecule has 0 aromatic heterocycles. The summed E-state index contributed by atoms with van der Waals surface area (Å²) in [6.45, 7) is 1.90. The van der Waals surface area contributed by atoms with Crippen LogP contribution in [-0.4, -0.2) is 19.0 Å². The fourth-order valence-corrected chi connectivity index (χ4v) is 1.20. The zero-order valence-electron chi connectivity index (χ0n) is 8.60. The van der Waals surface area contributed by atoms with Gasteiger partial charge in [-0.1, -0.05) is 25.1 Å². The number of carbonyl (C=O) groups is 1. The number of rotatable bonds is 3. The molecule has 14 heavy (non-hydrogen) atoms. The van der Waals surface area contributed by atoms with Crippen LogP contribution >= 0.6 is 0 Å². The Balaban J connectivity index is 2.76. The van der Waals surface area contributed by atoms with Crippen molar-refractivity contribution in [2.24, 2.45) is 5.73 Å². The minimum absolute atomic E-state index is 0.0429. The van der Waals surface area contributed by atoms with Gasteiger partial charge in [-0.25, -0.2) is 0 Å². The zero-order chi connectivity index (χ0) is 10.6. The van der Waals surface area contributed by atoms with Crippen LogP contribution in [0.1, 0.15) is 13.3 Å². The summed E-state index contributed by atoms with van der Waals surface area (Å²) in [4.78, 5) is 13.3. The molecule has 1 atom stereocenters. The van der Waals surface area contributed by atoms with E-state index in [0.29, 0.717) is 6.42 Å². The molecule has 1 rings (SSSR count). The van der Waals surface area contributed by atoms with E-state index in [-0.39, 0.29) is 5.91 Å². The Kier molecular flexibility index (Phi) is 3.65. The van der Waals surface area contributed by atoms with Crippen molar-refractivity contribution in [3.05, 3.63) is 30.3 Å². The van der Waals surface area contributed by atoms with Crippen LogP contribution in [0.15, 0.2) is 30.3 Å². The highest BCUT2D eigenvalue weighted by Crippen LogP contribution is 2.12. The summed E-state index contributed by atoms with van der Waals surface area (Å²) in [5, 5.41) is 0. The van der Waals surface area contributed by atoms with Gasteiger partial charge < -0.3 is 10.6 Å². The first-order valence-electron chi connectivity index (χ1n) is 4.75. The molecule has 0 aliphatic rings. The number of carbonyl (C=O) groups excluding carboxylic acids is 1. The number of likely N-dealkylation sites (N-methyl/N-ethyl adjacent to an activating group) is 1. The quantitative estimate of drug-likeness (QED) is 0.786. The second-order valence-electron chi connectivity index (χ2n) is 3.25. The van der Waals surface area contributed by atoms with Crippen LogP contribution in [0.2, 0.25) is 0 Å². The van der Waals surface area contributed by atoms with E-state index in [4.69, 9.17) is 5.73 Å². The first kappa shape index (κ1) is 10.7. The van der Waals surface area contributed by atoms with Crippen molar-refractivity contribution < 1.29 is 4.79 Å². The maximum absolute atomic E-state index is 11.7. The lowest BCUT2D eigenvalue weighted by Crippen LogP contribution is -2.41. The zero-order valence-corrected chi connectivity index (χ0v) is 8.60. The molecule has 0 saturated carbocycles. The van der Waals surface area contributed by atoms with Gasteiger partial charge in [0.2, 0.25) is 5.91 Å². The lowest BCUT2D eigenvalue weighted by Gasteiger charge is -2.20. The highest BCUT2D eigenvalue weighted by Gasteiger charge is 2.16. The first-order chi connectivity index (χ1) is 6.66. The molecule has 1 amide bonds. The molecule has 0 spiro atoms. The number of nitrogens with two attached hydrogens (primary N) is 1. The van der Waals surface area contributed by atoms with Crippen LogP contribution in [0.25, 0.3) is 0 Å². The minimum Gasteiger partial charge on any atom is -0.320 e. The second-order valence-corrected chi connectivity index (χ2v) is 3.25. The second kappa shape index (κ2) is 4.77. The van der Waals surface area contributed by atoms with Crippen molar-refractivity contribution in [1.82, 2.24) is 0 Å². The van der Waals surface area contributed by atoms with E-state index >= 15 is 0 Å². The van der Waals surface area contributed by atoms with Crippen molar-refractivity contribution in [2.45, 2.75) is 19.4 Å². The first-order valence-corrected chi connectivity index (χ1v) is 4.75. The van der Waals surface area contributed by atoms with Gasteiger partial charge in [-0.05, 0) is 18.6 Å². The molecule has 1 aromatic rings. The highest BCUT2D eigenvalue weighted by atomic mass is 16.2. The Hall–Kier alpha value is -1.35. The molecule has 0 bridgehead atoms. The molecule has 0 saturated heterocycles. The van der Waals surface area contributed by atoms with Crippen molar-refractivity contribution in [1.29, 1.82) is 0 Å². The fraction of sp³-hybridized carbons (Fsp3) is 0.364. The molecule has 3 nitrogen and oxygen atoms in total. The number of para-hydroxylation sites is 1. The fourth-order valence-electron chi connectivity index (χ4n) is 1.20. The van der Waals surface area contributed by atoms with E-state index in [1.807, 2.05) is 37.3 Å². The molecular weight excluding hydrogens is 176 g/mol. The van der Waals surface area contributed by atoms with Crippen LogP contribution in [0, 0.1) is 0 Å². The molecule has 3 heteroatoms. The van der Waals surface area contributed by atoms with Crippen LogP contribution in [0.3, 0.4) is 0 Å². The van der Waals surface area contributed by atoms with Gasteiger partial charge in [-0.2, -0.15) is 0 Å². The average molecular weight is 192 g/mol. The summed E-state index contributed by atoms with van der Waals surface area (Å²) >= 11 is 0. The molecule has 0 aliphatic carbocycles. The van der Waals surface area contributed by atoms with Crippen molar-refractivity contribution in [3.8, 4) is 0 Å². The predicted molar refractivity (Wildman–Crippen MR) is 58.1 cm³/mol. The normalized spacial score (nSPS) is 12.2. The number of anilines is 1. The number of hydrogen-bond donors (Lipinski definition) is 1. The topological polar surface area (TPSA) is 46.3 Å². The highest BCUT2D eigenvalue weighted by molar-refractivity contribution is 5.96. The smallest absolute Gasteiger partial charge is 0.243 e. The third kappa shape index (κ3) is 2.33. The number of hydrogen-bond acceptors (Lipinski definition) is 2. The molecule has 0 fully saturated rings. The lowest BCUT2D eigenvalue weighted by atomic mass is 10.2. The molecule has 76 valence electrons. The van der Waals surface area contributed by atoms with E-state index in [1.165, 1.54) is 0 Å². The van der Waals surface area contributed by atoms with E-state index < -0.39 is 6.04 Å². The standard InChI is InChI=1S/C11H16N2O/c1-3-10(12)11(14)13(2)9-7-5-4-6-8-9/h4-8,10H,3,12H2,1-2H3/t10-/m1/s1. The molecule has 0 unspecified atom stereocenters. The molecule has 0 heterocycles. The van der Waals surface area contributed by atoms with Crippen molar-refractivity contribution >= 4 is 11.6 Å². The summed E-state index contributed by atoms with van der Waals surface area (Å²) in [6.07, 6.45) is 0.663. The largest absolute Gasteiger partial charge is 0.320 e. The maximum Gasteiger partial charge on any atom is 0.243 e. The SMILES string of the molecule is CC[C@@H](N)C(=O)N(C)c1ccccc1. The van der Waals surface area contributed by atoms with Gasteiger partial charge in [-0.15, -0.1) is 0 Å². The monoisotopic (exact) mass is 192 g/mol. The van der Waals surface area contributed by atoms with Gasteiger partial charge in [0, 0.05) is 12.7 Å². The minimum atomic E-state index is -0.403. The van der Waals surface area contributed by atoms with Crippen LogP contribution in [0.4, 0.5) is 5.69 Å². The van der Waals surface area contributed by atoms with E-state index in [1.54, 1.807) is 11.9 Å². The van der Waals surface area contributed by atoms with Crippen LogP contribution < -0.4 is 10.6 Å². The predicted octanol–water partition coefficient (Wildman–Crippen LogP) is 1.39. The van der Waals surface area contributed by atoms with Gasteiger partial charge in [0.1, 0.15) is 0 Å². The van der Waals surface area contributed by atoms with Crippen molar-refractivity contribution in [2.75, 3.05) is 11.9 Å². The summed E-state index contributed by atoms with van der Waals surface area (Å²) in [5.41, 5.74) is 6.54. The Labute approximate surface area is 84.5 Å². The van der Waals surface area contributed by atoms with Crippen LogP contribution in [0.5, 0.6) is 0 Å². The van der Waals surface area contributed by atoms with Gasteiger partial charge in [-0.3, -0.25) is 4.79 Å². The van der Waals surface area contributed by atoms with E-state index in [2.05, 4.69) is 0 Å². The molecule has 0 aliphatic heterocycles. The Morgan fingerprint density at radius 2 is 2.00 bits per heavy atom. The number of benzene rings is 1. The van der Waals surface area contributed by atoms with Gasteiger partial charge in [0.05, 0.1) is 6.04 Å².